The Morgan fingerprint density at radius 1 is 1.11 bits per heavy atom. The molecule has 5 nitrogen and oxygen atoms in total. The Morgan fingerprint density at radius 3 is 2.82 bits per heavy atom. The maximum Gasteiger partial charge on any atom is 0.318 e. The summed E-state index contributed by atoms with van der Waals surface area (Å²) in [7, 11) is 0. The number of para-hydroxylation sites is 1. The molecule has 7 heteroatoms. The van der Waals surface area contributed by atoms with Crippen LogP contribution in [0, 0.1) is 0 Å². The Balaban J connectivity index is 1.30. The molecule has 0 aliphatic carbocycles. The molecule has 28 heavy (non-hydrogen) atoms. The lowest BCUT2D eigenvalue weighted by molar-refractivity contribution is 0.188. The lowest BCUT2D eigenvalue weighted by Gasteiger charge is -2.21. The Bertz CT molecular complexity index is 940. The van der Waals surface area contributed by atoms with Gasteiger partial charge in [-0.25, -0.2) is 9.78 Å². The molecule has 1 aromatic carbocycles. The molecule has 0 unspecified atom stereocenters. The first-order valence-electron chi connectivity index (χ1n) is 9.20. The van der Waals surface area contributed by atoms with Crippen LogP contribution in [0.5, 0.6) is 0 Å². The van der Waals surface area contributed by atoms with E-state index < -0.39 is 0 Å². The van der Waals surface area contributed by atoms with Crippen LogP contribution in [0.4, 0.5) is 4.79 Å². The number of carbonyl (C=O) groups is 1. The van der Waals surface area contributed by atoms with Crippen LogP contribution >= 0.6 is 22.7 Å². The van der Waals surface area contributed by atoms with Gasteiger partial charge in [0.05, 0.1) is 34.6 Å². The molecule has 4 rings (SSSR count). The molecule has 0 saturated heterocycles. The zero-order valence-electron chi connectivity index (χ0n) is 15.3. The highest BCUT2D eigenvalue weighted by Gasteiger charge is 2.16. The average Bonchev–Trinajstić information content (AvgIpc) is 3.45. The molecule has 0 aliphatic heterocycles. The number of aromatic nitrogens is 1. The van der Waals surface area contributed by atoms with E-state index in [1.807, 2.05) is 47.8 Å². The van der Waals surface area contributed by atoms with Crippen molar-refractivity contribution < 1.29 is 9.21 Å². The van der Waals surface area contributed by atoms with E-state index in [1.54, 1.807) is 33.8 Å². The second-order valence-electron chi connectivity index (χ2n) is 6.43. The van der Waals surface area contributed by atoms with Gasteiger partial charge in [-0.2, -0.15) is 0 Å². The highest BCUT2D eigenvalue weighted by Crippen LogP contribution is 2.22. The molecule has 144 valence electrons. The number of amides is 2. The zero-order chi connectivity index (χ0) is 19.2. The lowest BCUT2D eigenvalue weighted by Crippen LogP contribution is -2.39. The average molecular weight is 412 g/mol. The topological polar surface area (TPSA) is 58.4 Å². The van der Waals surface area contributed by atoms with Crippen molar-refractivity contribution in [3.63, 3.8) is 0 Å². The van der Waals surface area contributed by atoms with Crippen molar-refractivity contribution in [2.45, 2.75) is 25.9 Å². The number of aryl methyl sites for hydroxylation is 1. The minimum absolute atomic E-state index is 0.0749. The molecule has 4 aromatic rings. The van der Waals surface area contributed by atoms with Gasteiger partial charge in [0.25, 0.3) is 0 Å². The highest BCUT2D eigenvalue weighted by molar-refractivity contribution is 7.18. The smallest absolute Gasteiger partial charge is 0.318 e. The van der Waals surface area contributed by atoms with E-state index in [0.717, 1.165) is 34.0 Å². The maximum absolute atomic E-state index is 12.7. The van der Waals surface area contributed by atoms with Crippen LogP contribution in [-0.4, -0.2) is 22.5 Å². The van der Waals surface area contributed by atoms with Gasteiger partial charge in [0.1, 0.15) is 5.76 Å². The first-order valence-corrected chi connectivity index (χ1v) is 10.9. The Kier molecular flexibility index (Phi) is 6.04. The van der Waals surface area contributed by atoms with E-state index in [9.17, 15) is 4.79 Å². The summed E-state index contributed by atoms with van der Waals surface area (Å²) in [6.07, 6.45) is 3.36. The molecule has 2 amide bonds. The number of benzene rings is 1. The molecule has 3 heterocycles. The van der Waals surface area contributed by atoms with Gasteiger partial charge >= 0.3 is 6.03 Å². The first kappa shape index (κ1) is 18.7. The van der Waals surface area contributed by atoms with E-state index in [1.165, 1.54) is 4.70 Å². The predicted molar refractivity (Wildman–Crippen MR) is 114 cm³/mol. The standard InChI is InChI=1S/C21H21N3O2S2/c25-21(22-11-3-10-20-23-18-8-1-2-9-19(18)28-20)24(14-16-6-4-12-26-16)15-17-7-5-13-27-17/h1-2,4-9,12-13H,3,10-11,14-15H2,(H,22,25). The first-order chi connectivity index (χ1) is 13.8. The molecule has 3 aromatic heterocycles. The van der Waals surface area contributed by atoms with E-state index >= 15 is 0 Å². The summed E-state index contributed by atoms with van der Waals surface area (Å²) < 4.78 is 6.63. The molecule has 0 atom stereocenters. The van der Waals surface area contributed by atoms with Crippen LogP contribution in [-0.2, 0) is 19.5 Å². The van der Waals surface area contributed by atoms with Crippen molar-refractivity contribution in [1.82, 2.24) is 15.2 Å². The van der Waals surface area contributed by atoms with E-state index in [4.69, 9.17) is 4.42 Å². The number of urea groups is 1. The van der Waals surface area contributed by atoms with Crippen molar-refractivity contribution in [3.8, 4) is 0 Å². The number of carbonyl (C=O) groups excluding carboxylic acids is 1. The van der Waals surface area contributed by atoms with Crippen LogP contribution in [0.15, 0.2) is 64.6 Å². The van der Waals surface area contributed by atoms with Gasteiger partial charge in [-0.3, -0.25) is 0 Å². The quantitative estimate of drug-likeness (QED) is 0.401. The fraction of sp³-hybridized carbons (Fsp3) is 0.238. The van der Waals surface area contributed by atoms with Crippen molar-refractivity contribution in [2.75, 3.05) is 6.54 Å². The van der Waals surface area contributed by atoms with Crippen LogP contribution in [0.3, 0.4) is 0 Å². The number of hydrogen-bond acceptors (Lipinski definition) is 5. The van der Waals surface area contributed by atoms with E-state index in [-0.39, 0.29) is 6.03 Å². The Labute approximate surface area is 171 Å². The van der Waals surface area contributed by atoms with Gasteiger partial charge in [0.15, 0.2) is 0 Å². The Hall–Kier alpha value is -2.64. The third-order valence-electron chi connectivity index (χ3n) is 4.32. The normalized spacial score (nSPS) is 11.0. The van der Waals surface area contributed by atoms with E-state index in [2.05, 4.69) is 16.4 Å². The fourth-order valence-electron chi connectivity index (χ4n) is 2.95. The predicted octanol–water partition coefficient (Wildman–Crippen LogP) is 5.30. The molecule has 0 fully saturated rings. The Morgan fingerprint density at radius 2 is 2.04 bits per heavy atom. The molecule has 0 saturated carbocycles. The third kappa shape index (κ3) is 4.79. The summed E-state index contributed by atoms with van der Waals surface area (Å²) >= 11 is 3.37. The summed E-state index contributed by atoms with van der Waals surface area (Å²) in [5.74, 6) is 0.779. The number of nitrogens with zero attached hydrogens (tertiary/aromatic N) is 2. The van der Waals surface area contributed by atoms with Crippen molar-refractivity contribution in [2.24, 2.45) is 0 Å². The molecular formula is C21H21N3O2S2. The van der Waals surface area contributed by atoms with Crippen molar-refractivity contribution in [1.29, 1.82) is 0 Å². The summed E-state index contributed by atoms with van der Waals surface area (Å²) in [5.41, 5.74) is 1.05. The number of fused-ring (bicyclic) bond motifs is 1. The number of thiazole rings is 1. The molecule has 0 bridgehead atoms. The zero-order valence-corrected chi connectivity index (χ0v) is 17.0. The summed E-state index contributed by atoms with van der Waals surface area (Å²) in [6, 6.07) is 15.9. The van der Waals surface area contributed by atoms with Crippen LogP contribution in [0.25, 0.3) is 10.2 Å². The number of rotatable bonds is 8. The minimum atomic E-state index is -0.0749. The molecular weight excluding hydrogens is 390 g/mol. The van der Waals surface area contributed by atoms with Crippen molar-refractivity contribution >= 4 is 38.9 Å². The van der Waals surface area contributed by atoms with Gasteiger partial charge in [0, 0.05) is 17.8 Å². The van der Waals surface area contributed by atoms with Gasteiger partial charge in [-0.1, -0.05) is 18.2 Å². The molecule has 0 spiro atoms. The number of furan rings is 1. The second-order valence-corrected chi connectivity index (χ2v) is 8.57. The van der Waals surface area contributed by atoms with Crippen molar-refractivity contribution in [3.05, 3.63) is 75.8 Å². The van der Waals surface area contributed by atoms with Gasteiger partial charge in [0.2, 0.25) is 0 Å². The largest absolute Gasteiger partial charge is 0.467 e. The SMILES string of the molecule is O=C(NCCCc1nc2ccccc2s1)N(Cc1ccco1)Cc1cccs1. The molecule has 1 N–H and O–H groups in total. The minimum Gasteiger partial charge on any atom is -0.467 e. The summed E-state index contributed by atoms with van der Waals surface area (Å²) in [6.45, 7) is 1.64. The highest BCUT2D eigenvalue weighted by atomic mass is 32.1. The number of nitrogens with one attached hydrogen (secondary N) is 1. The summed E-state index contributed by atoms with van der Waals surface area (Å²) in [4.78, 5) is 20.3. The van der Waals surface area contributed by atoms with Crippen LogP contribution in [0.2, 0.25) is 0 Å². The monoisotopic (exact) mass is 411 g/mol. The lowest BCUT2D eigenvalue weighted by atomic mass is 10.3. The van der Waals surface area contributed by atoms with Crippen LogP contribution in [0.1, 0.15) is 22.1 Å². The summed E-state index contributed by atoms with van der Waals surface area (Å²) in [5, 5.41) is 6.18. The third-order valence-corrected chi connectivity index (χ3v) is 6.28. The van der Waals surface area contributed by atoms with Gasteiger partial charge < -0.3 is 14.6 Å². The fourth-order valence-corrected chi connectivity index (χ4v) is 4.68. The number of hydrogen-bond donors (Lipinski definition) is 1. The van der Waals surface area contributed by atoms with Gasteiger partial charge in [-0.15, -0.1) is 22.7 Å². The number of thiophene rings is 1. The maximum atomic E-state index is 12.7. The van der Waals surface area contributed by atoms with Crippen LogP contribution < -0.4 is 5.32 Å². The molecule has 0 radical (unpaired) electrons. The van der Waals surface area contributed by atoms with Gasteiger partial charge in [-0.05, 0) is 42.1 Å². The van der Waals surface area contributed by atoms with E-state index in [0.29, 0.717) is 19.6 Å². The molecule has 0 aliphatic rings. The second kappa shape index (κ2) is 9.03.